The minimum absolute atomic E-state index is 0.112. The molecular formula is C19H26N6O3. The smallest absolute Gasteiger partial charge is 0.390 e. The fourth-order valence-corrected chi connectivity index (χ4v) is 3.21. The molecule has 0 bridgehead atoms. The summed E-state index contributed by atoms with van der Waals surface area (Å²) in [6, 6.07) is 8.13. The third-order valence-electron chi connectivity index (χ3n) is 4.73. The van der Waals surface area contributed by atoms with Crippen molar-refractivity contribution >= 4 is 11.9 Å². The van der Waals surface area contributed by atoms with Crippen LogP contribution in [-0.2, 0) is 24.3 Å². The minimum Gasteiger partial charge on any atom is -0.390 e. The van der Waals surface area contributed by atoms with Gasteiger partial charge >= 0.3 is 5.95 Å². The van der Waals surface area contributed by atoms with Crippen LogP contribution in [0, 0.1) is 17.0 Å². The maximum absolute atomic E-state index is 12.2. The van der Waals surface area contributed by atoms with Crippen LogP contribution in [0.2, 0.25) is 0 Å². The molecule has 1 aromatic heterocycles. The summed E-state index contributed by atoms with van der Waals surface area (Å²) in [6.45, 7) is 6.49. The molecule has 1 amide bonds. The van der Waals surface area contributed by atoms with Crippen LogP contribution in [0.4, 0.5) is 5.95 Å². The molecule has 1 aliphatic rings. The van der Waals surface area contributed by atoms with E-state index in [0.29, 0.717) is 25.2 Å². The quantitative estimate of drug-likeness (QED) is 0.515. The van der Waals surface area contributed by atoms with Gasteiger partial charge in [0.1, 0.15) is 6.20 Å². The number of benzene rings is 1. The molecule has 1 aliphatic heterocycles. The minimum atomic E-state index is -0.541. The van der Waals surface area contributed by atoms with Gasteiger partial charge in [-0.2, -0.15) is 0 Å². The summed E-state index contributed by atoms with van der Waals surface area (Å²) in [5.74, 6) is -0.555. The summed E-state index contributed by atoms with van der Waals surface area (Å²) in [7, 11) is 0. The lowest BCUT2D eigenvalue weighted by Gasteiger charge is -2.25. The zero-order valence-corrected chi connectivity index (χ0v) is 16.1. The highest BCUT2D eigenvalue weighted by molar-refractivity contribution is 5.76. The topological polar surface area (TPSA) is 105 Å². The number of nitro groups is 1. The van der Waals surface area contributed by atoms with E-state index in [2.05, 4.69) is 20.5 Å². The van der Waals surface area contributed by atoms with E-state index >= 15 is 0 Å². The fraction of sp³-hybridized carbons (Fsp3) is 0.474. The van der Waals surface area contributed by atoms with Crippen molar-refractivity contribution in [3.8, 4) is 0 Å². The first-order valence-electron chi connectivity index (χ1n) is 9.47. The van der Waals surface area contributed by atoms with Gasteiger partial charge in [-0.3, -0.25) is 9.69 Å². The third-order valence-corrected chi connectivity index (χ3v) is 4.73. The lowest BCUT2D eigenvalue weighted by Crippen LogP contribution is -2.42. The summed E-state index contributed by atoms with van der Waals surface area (Å²) >= 11 is 0. The predicted octanol–water partition coefficient (Wildman–Crippen LogP) is 0.864. The van der Waals surface area contributed by atoms with E-state index in [1.54, 1.807) is 6.20 Å². The molecule has 0 aliphatic carbocycles. The molecule has 28 heavy (non-hydrogen) atoms. The van der Waals surface area contributed by atoms with Crippen molar-refractivity contribution in [3.63, 3.8) is 0 Å². The van der Waals surface area contributed by atoms with Crippen LogP contribution in [0.1, 0.15) is 16.8 Å². The SMILES string of the molecule is Cc1ccc(CCNC(=O)Cn2cc(CN3CCNCC3)nc2[N+](=O)[O-])cc1. The first kappa shape index (κ1) is 20.0. The van der Waals surface area contributed by atoms with E-state index in [-0.39, 0.29) is 18.4 Å². The van der Waals surface area contributed by atoms with E-state index in [1.165, 1.54) is 10.1 Å². The van der Waals surface area contributed by atoms with Gasteiger partial charge in [0.15, 0.2) is 12.2 Å². The van der Waals surface area contributed by atoms with E-state index in [4.69, 9.17) is 0 Å². The molecule has 0 saturated carbocycles. The molecule has 2 heterocycles. The highest BCUT2D eigenvalue weighted by Crippen LogP contribution is 2.14. The van der Waals surface area contributed by atoms with Gasteiger partial charge in [0.05, 0.1) is 6.54 Å². The number of rotatable bonds is 8. The number of amides is 1. The Bertz CT molecular complexity index is 812. The molecule has 0 unspecified atom stereocenters. The molecule has 1 aromatic carbocycles. The molecule has 9 heteroatoms. The second kappa shape index (κ2) is 9.43. The lowest BCUT2D eigenvalue weighted by molar-refractivity contribution is -0.396. The van der Waals surface area contributed by atoms with Crippen molar-refractivity contribution < 1.29 is 9.72 Å². The number of nitrogens with one attached hydrogen (secondary N) is 2. The summed E-state index contributed by atoms with van der Waals surface area (Å²) in [6.07, 6.45) is 2.33. The van der Waals surface area contributed by atoms with Gasteiger partial charge in [-0.15, -0.1) is 0 Å². The van der Waals surface area contributed by atoms with E-state index < -0.39 is 4.92 Å². The molecule has 0 radical (unpaired) electrons. The Kier molecular flexibility index (Phi) is 6.72. The van der Waals surface area contributed by atoms with Gasteiger partial charge in [0, 0.05) is 32.7 Å². The molecule has 150 valence electrons. The van der Waals surface area contributed by atoms with Crippen LogP contribution in [-0.4, -0.2) is 58.0 Å². The number of nitrogens with zero attached hydrogens (tertiary/aromatic N) is 4. The molecule has 2 N–H and O–H groups in total. The Morgan fingerprint density at radius 3 is 2.68 bits per heavy atom. The summed E-state index contributed by atoms with van der Waals surface area (Å²) in [4.78, 5) is 29.3. The van der Waals surface area contributed by atoms with Crippen LogP contribution in [0.15, 0.2) is 30.5 Å². The Morgan fingerprint density at radius 1 is 1.29 bits per heavy atom. The second-order valence-electron chi connectivity index (χ2n) is 7.03. The predicted molar refractivity (Wildman–Crippen MR) is 105 cm³/mol. The molecule has 1 fully saturated rings. The highest BCUT2D eigenvalue weighted by Gasteiger charge is 2.23. The first-order valence-corrected chi connectivity index (χ1v) is 9.47. The summed E-state index contributed by atoms with van der Waals surface area (Å²) < 4.78 is 1.32. The van der Waals surface area contributed by atoms with Gasteiger partial charge in [-0.1, -0.05) is 34.8 Å². The van der Waals surface area contributed by atoms with E-state index in [9.17, 15) is 14.9 Å². The molecular weight excluding hydrogens is 360 g/mol. The molecule has 0 spiro atoms. The monoisotopic (exact) mass is 386 g/mol. The molecule has 0 atom stereocenters. The van der Waals surface area contributed by atoms with Crippen LogP contribution in [0.3, 0.4) is 0 Å². The fourth-order valence-electron chi connectivity index (χ4n) is 3.21. The Labute approximate surface area is 163 Å². The Balaban J connectivity index is 1.54. The number of aromatic nitrogens is 2. The number of hydrogen-bond acceptors (Lipinski definition) is 6. The maximum atomic E-state index is 12.2. The molecule has 1 saturated heterocycles. The Morgan fingerprint density at radius 2 is 2.00 bits per heavy atom. The highest BCUT2D eigenvalue weighted by atomic mass is 16.6. The largest absolute Gasteiger partial charge is 0.435 e. The van der Waals surface area contributed by atoms with Crippen molar-refractivity contribution in [1.82, 2.24) is 25.1 Å². The van der Waals surface area contributed by atoms with Gasteiger partial charge in [0.25, 0.3) is 5.91 Å². The first-order chi connectivity index (χ1) is 13.5. The number of piperazine rings is 1. The molecule has 2 aromatic rings. The normalized spacial score (nSPS) is 14.8. The van der Waals surface area contributed by atoms with Gasteiger partial charge < -0.3 is 20.7 Å². The van der Waals surface area contributed by atoms with Crippen molar-refractivity contribution in [1.29, 1.82) is 0 Å². The van der Waals surface area contributed by atoms with Gasteiger partial charge in [-0.05, 0) is 23.8 Å². The van der Waals surface area contributed by atoms with Crippen LogP contribution in [0.5, 0.6) is 0 Å². The van der Waals surface area contributed by atoms with Crippen LogP contribution < -0.4 is 10.6 Å². The average Bonchev–Trinajstić information content (AvgIpc) is 3.06. The summed E-state index contributed by atoms with van der Waals surface area (Å²) in [5, 5.41) is 17.4. The van der Waals surface area contributed by atoms with Gasteiger partial charge in [0.2, 0.25) is 0 Å². The number of carbonyl (C=O) groups is 1. The van der Waals surface area contributed by atoms with E-state index in [0.717, 1.165) is 31.7 Å². The number of carbonyl (C=O) groups excluding carboxylic acids is 1. The summed E-state index contributed by atoms with van der Waals surface area (Å²) in [5.41, 5.74) is 2.94. The molecule has 3 rings (SSSR count). The van der Waals surface area contributed by atoms with Crippen LogP contribution >= 0.6 is 0 Å². The van der Waals surface area contributed by atoms with Crippen molar-refractivity contribution in [2.75, 3.05) is 32.7 Å². The standard InChI is InChI=1S/C19H26N6O3/c1-15-2-4-16(5-3-15)6-7-21-18(26)14-24-13-17(22-19(24)25(27)28)12-23-10-8-20-9-11-23/h2-5,13,20H,6-12,14H2,1H3,(H,21,26). The zero-order chi connectivity index (χ0) is 19.9. The van der Waals surface area contributed by atoms with Gasteiger partial charge in [-0.25, -0.2) is 4.57 Å². The Hall–Kier alpha value is -2.78. The van der Waals surface area contributed by atoms with Crippen molar-refractivity contribution in [2.45, 2.75) is 26.4 Å². The van der Waals surface area contributed by atoms with Crippen molar-refractivity contribution in [2.24, 2.45) is 0 Å². The lowest BCUT2D eigenvalue weighted by atomic mass is 10.1. The number of hydrogen-bond donors (Lipinski definition) is 2. The third kappa shape index (κ3) is 5.61. The maximum Gasteiger partial charge on any atom is 0.435 e. The number of aryl methyl sites for hydroxylation is 1. The number of imidazole rings is 1. The van der Waals surface area contributed by atoms with E-state index in [1.807, 2.05) is 31.2 Å². The van der Waals surface area contributed by atoms with Crippen LogP contribution in [0.25, 0.3) is 0 Å². The zero-order valence-electron chi connectivity index (χ0n) is 16.1. The second-order valence-corrected chi connectivity index (χ2v) is 7.03. The van der Waals surface area contributed by atoms with Crippen molar-refractivity contribution in [3.05, 3.63) is 57.4 Å². The average molecular weight is 386 g/mol. The molecule has 9 nitrogen and oxygen atoms in total.